The summed E-state index contributed by atoms with van der Waals surface area (Å²) in [4.78, 5) is 4.10. The summed E-state index contributed by atoms with van der Waals surface area (Å²) in [6.45, 7) is 4.11. The molecule has 0 amide bonds. The van der Waals surface area contributed by atoms with Gasteiger partial charge in [0.05, 0.1) is 0 Å². The normalized spacial score (nSPS) is 10.3. The minimum atomic E-state index is 0.842. The molecule has 1 aromatic carbocycles. The van der Waals surface area contributed by atoms with Crippen LogP contribution >= 0.6 is 0 Å². The molecule has 2 rings (SSSR count). The van der Waals surface area contributed by atoms with Gasteiger partial charge in [0, 0.05) is 23.6 Å². The van der Waals surface area contributed by atoms with Gasteiger partial charge in [-0.15, -0.1) is 0 Å². The van der Waals surface area contributed by atoms with Crippen molar-refractivity contribution < 1.29 is 0 Å². The third-order valence-electron chi connectivity index (χ3n) is 2.70. The number of nitrogens with zero attached hydrogens (tertiary/aromatic N) is 1. The molecule has 0 radical (unpaired) electrons. The molecule has 2 aromatic rings. The van der Waals surface area contributed by atoms with Gasteiger partial charge in [0.1, 0.15) is 0 Å². The molecule has 0 spiro atoms. The fourth-order valence-corrected chi connectivity index (χ4v) is 1.59. The molecular weight excluding hydrogens is 184 g/mol. The average Bonchev–Trinajstić information content (AvgIpc) is 2.26. The third kappa shape index (κ3) is 1.84. The van der Waals surface area contributed by atoms with Crippen molar-refractivity contribution in [1.82, 2.24) is 4.98 Å². The van der Waals surface area contributed by atoms with Crippen LogP contribution in [0.15, 0.2) is 36.7 Å². The molecule has 2 N–H and O–H groups in total. The number of hydrogen-bond donors (Lipinski definition) is 1. The van der Waals surface area contributed by atoms with Gasteiger partial charge in [-0.3, -0.25) is 4.98 Å². The summed E-state index contributed by atoms with van der Waals surface area (Å²) in [5.74, 6) is 0. The number of anilines is 1. The zero-order valence-corrected chi connectivity index (χ0v) is 8.99. The van der Waals surface area contributed by atoms with Gasteiger partial charge in [0.25, 0.3) is 0 Å². The Morgan fingerprint density at radius 1 is 1.13 bits per heavy atom. The number of benzene rings is 1. The van der Waals surface area contributed by atoms with Gasteiger partial charge in [0.15, 0.2) is 0 Å². The van der Waals surface area contributed by atoms with Crippen molar-refractivity contribution in [3.63, 3.8) is 0 Å². The van der Waals surface area contributed by atoms with E-state index in [4.69, 9.17) is 5.73 Å². The quantitative estimate of drug-likeness (QED) is 0.715. The first-order valence-corrected chi connectivity index (χ1v) is 4.95. The summed E-state index contributed by atoms with van der Waals surface area (Å²) < 4.78 is 0. The number of hydrogen-bond acceptors (Lipinski definition) is 2. The Morgan fingerprint density at radius 2 is 1.93 bits per heavy atom. The molecular formula is C13H14N2. The molecule has 0 saturated carbocycles. The monoisotopic (exact) mass is 198 g/mol. The fraction of sp³-hybridized carbons (Fsp3) is 0.154. The average molecular weight is 198 g/mol. The maximum Gasteiger partial charge on any atom is 0.0352 e. The smallest absolute Gasteiger partial charge is 0.0352 e. The highest BCUT2D eigenvalue weighted by molar-refractivity contribution is 5.69. The molecule has 0 aliphatic carbocycles. The van der Waals surface area contributed by atoms with E-state index in [1.165, 1.54) is 5.56 Å². The van der Waals surface area contributed by atoms with Crippen molar-refractivity contribution in [1.29, 1.82) is 0 Å². The van der Waals surface area contributed by atoms with E-state index >= 15 is 0 Å². The van der Waals surface area contributed by atoms with Crippen LogP contribution in [-0.2, 0) is 0 Å². The van der Waals surface area contributed by atoms with Crippen LogP contribution in [0.5, 0.6) is 0 Å². The highest BCUT2D eigenvalue weighted by Crippen LogP contribution is 2.25. The van der Waals surface area contributed by atoms with Gasteiger partial charge < -0.3 is 5.73 Å². The highest BCUT2D eigenvalue weighted by atomic mass is 14.6. The summed E-state index contributed by atoms with van der Waals surface area (Å²) in [5, 5.41) is 0. The molecule has 0 saturated heterocycles. The first-order chi connectivity index (χ1) is 7.18. The van der Waals surface area contributed by atoms with E-state index in [1.807, 2.05) is 31.3 Å². The molecule has 0 atom stereocenters. The first-order valence-electron chi connectivity index (χ1n) is 4.95. The summed E-state index contributed by atoms with van der Waals surface area (Å²) >= 11 is 0. The van der Waals surface area contributed by atoms with E-state index < -0.39 is 0 Å². The van der Waals surface area contributed by atoms with Crippen molar-refractivity contribution >= 4 is 5.69 Å². The van der Waals surface area contributed by atoms with Crippen LogP contribution in [0.3, 0.4) is 0 Å². The van der Waals surface area contributed by atoms with Crippen LogP contribution in [-0.4, -0.2) is 4.98 Å². The number of nitrogen functional groups attached to an aromatic ring is 1. The molecule has 0 aliphatic rings. The lowest BCUT2D eigenvalue weighted by molar-refractivity contribution is 1.31. The first kappa shape index (κ1) is 9.71. The molecule has 1 heterocycles. The van der Waals surface area contributed by atoms with E-state index in [9.17, 15) is 0 Å². The fourth-order valence-electron chi connectivity index (χ4n) is 1.59. The second-order valence-corrected chi connectivity index (χ2v) is 3.75. The zero-order valence-electron chi connectivity index (χ0n) is 8.99. The van der Waals surface area contributed by atoms with Gasteiger partial charge in [0.2, 0.25) is 0 Å². The Bertz CT molecular complexity index is 452. The Kier molecular flexibility index (Phi) is 2.42. The van der Waals surface area contributed by atoms with E-state index in [0.717, 1.165) is 22.4 Å². The SMILES string of the molecule is Cc1cc(-c2cccnc2)cc(N)c1C. The predicted molar refractivity (Wildman–Crippen MR) is 63.6 cm³/mol. The van der Waals surface area contributed by atoms with E-state index in [1.54, 1.807) is 6.20 Å². The Labute approximate surface area is 89.8 Å². The van der Waals surface area contributed by atoms with Gasteiger partial charge in [-0.2, -0.15) is 0 Å². The van der Waals surface area contributed by atoms with Crippen LogP contribution in [0.1, 0.15) is 11.1 Å². The molecule has 76 valence electrons. The van der Waals surface area contributed by atoms with Gasteiger partial charge in [-0.05, 0) is 42.7 Å². The molecule has 2 nitrogen and oxygen atoms in total. The summed E-state index contributed by atoms with van der Waals surface area (Å²) in [5.41, 5.74) is 11.4. The largest absolute Gasteiger partial charge is 0.398 e. The number of nitrogens with two attached hydrogens (primary N) is 1. The zero-order chi connectivity index (χ0) is 10.8. The number of pyridine rings is 1. The van der Waals surface area contributed by atoms with Crippen molar-refractivity contribution in [2.75, 3.05) is 5.73 Å². The van der Waals surface area contributed by atoms with Crippen molar-refractivity contribution in [2.24, 2.45) is 0 Å². The van der Waals surface area contributed by atoms with Crippen LogP contribution in [0.25, 0.3) is 11.1 Å². The van der Waals surface area contributed by atoms with Crippen LogP contribution in [0, 0.1) is 13.8 Å². The summed E-state index contributed by atoms with van der Waals surface area (Å²) in [6.07, 6.45) is 3.62. The summed E-state index contributed by atoms with van der Waals surface area (Å²) in [7, 11) is 0. The Balaban J connectivity index is 2.56. The Hall–Kier alpha value is -1.83. The molecule has 15 heavy (non-hydrogen) atoms. The van der Waals surface area contributed by atoms with Crippen molar-refractivity contribution in [3.05, 3.63) is 47.8 Å². The van der Waals surface area contributed by atoms with Gasteiger partial charge >= 0.3 is 0 Å². The van der Waals surface area contributed by atoms with E-state index in [2.05, 4.69) is 18.0 Å². The second kappa shape index (κ2) is 3.73. The van der Waals surface area contributed by atoms with Crippen LogP contribution in [0.2, 0.25) is 0 Å². The van der Waals surface area contributed by atoms with Gasteiger partial charge in [-0.1, -0.05) is 12.1 Å². The third-order valence-corrected chi connectivity index (χ3v) is 2.70. The summed E-state index contributed by atoms with van der Waals surface area (Å²) in [6, 6.07) is 8.11. The number of aryl methyl sites for hydroxylation is 1. The topological polar surface area (TPSA) is 38.9 Å². The van der Waals surface area contributed by atoms with Crippen molar-refractivity contribution in [3.8, 4) is 11.1 Å². The molecule has 0 aliphatic heterocycles. The standard InChI is InChI=1S/C13H14N2/c1-9-6-12(7-13(14)10(9)2)11-4-3-5-15-8-11/h3-8H,14H2,1-2H3. The number of aromatic nitrogens is 1. The van der Waals surface area contributed by atoms with Crippen molar-refractivity contribution in [2.45, 2.75) is 13.8 Å². The predicted octanol–water partition coefficient (Wildman–Crippen LogP) is 2.95. The lowest BCUT2D eigenvalue weighted by Crippen LogP contribution is -1.93. The molecule has 0 fully saturated rings. The van der Waals surface area contributed by atoms with E-state index in [0.29, 0.717) is 0 Å². The molecule has 0 bridgehead atoms. The number of rotatable bonds is 1. The minimum absolute atomic E-state index is 0.842. The maximum atomic E-state index is 5.94. The highest BCUT2D eigenvalue weighted by Gasteiger charge is 2.03. The van der Waals surface area contributed by atoms with Gasteiger partial charge in [-0.25, -0.2) is 0 Å². The van der Waals surface area contributed by atoms with Crippen LogP contribution in [0.4, 0.5) is 5.69 Å². The van der Waals surface area contributed by atoms with Crippen LogP contribution < -0.4 is 5.73 Å². The maximum absolute atomic E-state index is 5.94. The second-order valence-electron chi connectivity index (χ2n) is 3.75. The Morgan fingerprint density at radius 3 is 2.53 bits per heavy atom. The minimum Gasteiger partial charge on any atom is -0.398 e. The lowest BCUT2D eigenvalue weighted by Gasteiger charge is -2.08. The molecule has 1 aromatic heterocycles. The molecule has 0 unspecified atom stereocenters. The molecule has 2 heteroatoms. The van der Waals surface area contributed by atoms with E-state index in [-0.39, 0.29) is 0 Å². The lowest BCUT2D eigenvalue weighted by atomic mass is 10.0.